The minimum Gasteiger partial charge on any atom is -0.346 e. The number of nitrogens with zero attached hydrogens (tertiary/aromatic N) is 2. The van der Waals surface area contributed by atoms with Gasteiger partial charge in [0.15, 0.2) is 0 Å². The lowest BCUT2D eigenvalue weighted by Gasteiger charge is -2.15. The Kier molecular flexibility index (Phi) is 9.03. The summed E-state index contributed by atoms with van der Waals surface area (Å²) in [6.45, 7) is 3.46. The van der Waals surface area contributed by atoms with Crippen molar-refractivity contribution in [1.82, 2.24) is 15.3 Å². The van der Waals surface area contributed by atoms with Gasteiger partial charge in [-0.3, -0.25) is 9.59 Å². The van der Waals surface area contributed by atoms with Crippen LogP contribution in [0.1, 0.15) is 59.1 Å². The monoisotopic (exact) mass is 579 g/mol. The molecule has 0 saturated carbocycles. The molecule has 0 aliphatic rings. The molecule has 5 aromatic rings. The van der Waals surface area contributed by atoms with Crippen molar-refractivity contribution in [2.45, 2.75) is 45.6 Å². The summed E-state index contributed by atoms with van der Waals surface area (Å²) in [6, 6.07) is 26.8. The molecule has 4 aromatic carbocycles. The zero-order valence-corrected chi connectivity index (χ0v) is 24.3. The lowest BCUT2D eigenvalue weighted by molar-refractivity contribution is -0.116. The second-order valence-corrected chi connectivity index (χ2v) is 11.0. The molecule has 42 heavy (non-hydrogen) atoms. The van der Waals surface area contributed by atoms with Crippen LogP contribution in [0.4, 0.5) is 4.39 Å². The maximum atomic E-state index is 13.3. The van der Waals surface area contributed by atoms with E-state index in [4.69, 9.17) is 21.6 Å². The number of nitrogens with one attached hydrogen (secondary N) is 1. The number of carbonyl (C=O) groups is 2. The highest BCUT2D eigenvalue weighted by Gasteiger charge is 2.16. The number of hydrogen-bond donors (Lipinski definition) is 1. The Labute approximate surface area is 249 Å². The Hall–Kier alpha value is -4.42. The van der Waals surface area contributed by atoms with E-state index in [0.717, 1.165) is 40.9 Å². The van der Waals surface area contributed by atoms with E-state index in [2.05, 4.69) is 17.4 Å². The number of rotatable bonds is 10. The number of benzene rings is 4. The molecule has 0 saturated heterocycles. The van der Waals surface area contributed by atoms with Crippen LogP contribution >= 0.6 is 11.6 Å². The van der Waals surface area contributed by atoms with E-state index in [1.807, 2.05) is 49.4 Å². The summed E-state index contributed by atoms with van der Waals surface area (Å²) < 4.78 is 13.3. The van der Waals surface area contributed by atoms with E-state index in [-0.39, 0.29) is 23.5 Å². The molecule has 0 radical (unpaired) electrons. The highest BCUT2D eigenvalue weighted by atomic mass is 35.5. The Morgan fingerprint density at radius 1 is 0.857 bits per heavy atom. The predicted octanol–water partition coefficient (Wildman–Crippen LogP) is 7.89. The number of fused-ring (bicyclic) bond motifs is 1. The van der Waals surface area contributed by atoms with Gasteiger partial charge in [-0.05, 0) is 92.3 Å². The zero-order chi connectivity index (χ0) is 29.6. The number of aryl methyl sites for hydroxylation is 2. The van der Waals surface area contributed by atoms with Crippen molar-refractivity contribution in [1.29, 1.82) is 0 Å². The largest absolute Gasteiger partial charge is 0.346 e. The fraction of sp³-hybridized carbons (Fsp3) is 0.200. The smallest absolute Gasteiger partial charge is 0.251 e. The lowest BCUT2D eigenvalue weighted by atomic mass is 10.0. The standard InChI is InChI=1S/C35H31ClFN3O2/c1-22(41)19-25-7-3-5-24(20-25)6-4-8-32-34(27-9-14-29(36)15-10-27)40-31-18-13-28(21-33(31)39-32)35(42)38-23(2)26-11-16-30(37)17-12-26/h3,5,7,9-18,20-21,23H,4,6,8,19H2,1-2H3,(H,38,42)/t23-/m1/s1. The minimum atomic E-state index is -0.319. The average molecular weight is 580 g/mol. The summed E-state index contributed by atoms with van der Waals surface area (Å²) in [5, 5.41) is 3.62. The molecule has 1 amide bonds. The van der Waals surface area contributed by atoms with E-state index < -0.39 is 0 Å². The summed E-state index contributed by atoms with van der Waals surface area (Å²) in [7, 11) is 0. The molecular formula is C35H31ClFN3O2. The zero-order valence-electron chi connectivity index (χ0n) is 23.5. The molecule has 1 atom stereocenters. The van der Waals surface area contributed by atoms with Crippen LogP contribution < -0.4 is 5.32 Å². The van der Waals surface area contributed by atoms with E-state index >= 15 is 0 Å². The molecule has 0 unspecified atom stereocenters. The lowest BCUT2D eigenvalue weighted by Crippen LogP contribution is -2.26. The first kappa shape index (κ1) is 29.1. The summed E-state index contributed by atoms with van der Waals surface area (Å²) in [6.07, 6.45) is 2.77. The maximum absolute atomic E-state index is 13.3. The highest BCUT2D eigenvalue weighted by Crippen LogP contribution is 2.27. The van der Waals surface area contributed by atoms with Crippen LogP contribution in [0.15, 0.2) is 91.0 Å². The molecule has 1 N–H and O–H groups in total. The molecule has 7 heteroatoms. The van der Waals surface area contributed by atoms with Gasteiger partial charge in [-0.15, -0.1) is 0 Å². The quantitative estimate of drug-likeness (QED) is 0.183. The van der Waals surface area contributed by atoms with Gasteiger partial charge in [-0.1, -0.05) is 60.1 Å². The SMILES string of the molecule is CC(=O)Cc1cccc(CCCc2nc3cc(C(=O)N[C@H](C)c4ccc(F)cc4)ccc3nc2-c2ccc(Cl)cc2)c1. The molecule has 0 fully saturated rings. The van der Waals surface area contributed by atoms with Crippen LogP contribution in [0.2, 0.25) is 5.02 Å². The van der Waals surface area contributed by atoms with Crippen molar-refractivity contribution < 1.29 is 14.0 Å². The van der Waals surface area contributed by atoms with Gasteiger partial charge >= 0.3 is 0 Å². The van der Waals surface area contributed by atoms with Gasteiger partial charge in [-0.25, -0.2) is 14.4 Å². The molecular weight excluding hydrogens is 549 g/mol. The number of amides is 1. The highest BCUT2D eigenvalue weighted by molar-refractivity contribution is 6.30. The molecule has 0 aliphatic carbocycles. The molecule has 5 rings (SSSR count). The number of hydrogen-bond acceptors (Lipinski definition) is 4. The number of carbonyl (C=O) groups excluding carboxylic acids is 2. The fourth-order valence-electron chi connectivity index (χ4n) is 5.00. The van der Waals surface area contributed by atoms with Crippen LogP contribution in [0.25, 0.3) is 22.3 Å². The van der Waals surface area contributed by atoms with Crippen LogP contribution in [0.3, 0.4) is 0 Å². The van der Waals surface area contributed by atoms with E-state index in [0.29, 0.717) is 34.5 Å². The van der Waals surface area contributed by atoms with Gasteiger partial charge in [0.2, 0.25) is 0 Å². The third-order valence-corrected chi connectivity index (χ3v) is 7.41. The van der Waals surface area contributed by atoms with Gasteiger partial charge in [0, 0.05) is 22.6 Å². The van der Waals surface area contributed by atoms with Crippen molar-refractivity contribution in [3.63, 3.8) is 0 Å². The van der Waals surface area contributed by atoms with Crippen molar-refractivity contribution in [2.75, 3.05) is 0 Å². The third-order valence-electron chi connectivity index (χ3n) is 7.16. The molecule has 0 bridgehead atoms. The normalized spacial score (nSPS) is 11.8. The molecule has 0 spiro atoms. The summed E-state index contributed by atoms with van der Waals surface area (Å²) in [5.41, 5.74) is 7.33. The molecule has 1 aromatic heterocycles. The van der Waals surface area contributed by atoms with Gasteiger partial charge in [0.25, 0.3) is 5.91 Å². The van der Waals surface area contributed by atoms with Crippen LogP contribution in [0, 0.1) is 5.82 Å². The third kappa shape index (κ3) is 7.25. The van der Waals surface area contributed by atoms with Crippen molar-refractivity contribution in [3.05, 3.63) is 130 Å². The maximum Gasteiger partial charge on any atom is 0.251 e. The van der Waals surface area contributed by atoms with E-state index in [1.165, 1.54) is 17.7 Å². The Bertz CT molecular complexity index is 1740. The number of aromatic nitrogens is 2. The summed E-state index contributed by atoms with van der Waals surface area (Å²) in [4.78, 5) is 34.6. The number of Topliss-reactive ketones (excluding diaryl/α,β-unsaturated/α-hetero) is 1. The van der Waals surface area contributed by atoms with Crippen LogP contribution in [-0.2, 0) is 24.1 Å². The predicted molar refractivity (Wildman–Crippen MR) is 165 cm³/mol. The van der Waals surface area contributed by atoms with E-state index in [1.54, 1.807) is 31.2 Å². The Morgan fingerprint density at radius 3 is 2.33 bits per heavy atom. The molecule has 0 aliphatic heterocycles. The van der Waals surface area contributed by atoms with E-state index in [9.17, 15) is 14.0 Å². The van der Waals surface area contributed by atoms with Crippen molar-refractivity contribution in [2.24, 2.45) is 0 Å². The van der Waals surface area contributed by atoms with Gasteiger partial charge < -0.3 is 5.32 Å². The first-order valence-corrected chi connectivity index (χ1v) is 14.3. The first-order chi connectivity index (χ1) is 20.2. The minimum absolute atomic E-state index is 0.143. The average Bonchev–Trinajstić information content (AvgIpc) is 2.97. The number of halogens is 2. The second-order valence-electron chi connectivity index (χ2n) is 10.5. The van der Waals surface area contributed by atoms with Crippen molar-refractivity contribution in [3.8, 4) is 11.3 Å². The Morgan fingerprint density at radius 2 is 1.60 bits per heavy atom. The topological polar surface area (TPSA) is 72.0 Å². The molecule has 5 nitrogen and oxygen atoms in total. The van der Waals surface area contributed by atoms with Crippen LogP contribution in [0.5, 0.6) is 0 Å². The molecule has 1 heterocycles. The second kappa shape index (κ2) is 13.0. The van der Waals surface area contributed by atoms with Gasteiger partial charge in [0.1, 0.15) is 11.6 Å². The first-order valence-electron chi connectivity index (χ1n) is 14.0. The Balaban J connectivity index is 1.40. The fourth-order valence-corrected chi connectivity index (χ4v) is 5.13. The van der Waals surface area contributed by atoms with Crippen molar-refractivity contribution >= 4 is 34.3 Å². The van der Waals surface area contributed by atoms with Gasteiger partial charge in [-0.2, -0.15) is 0 Å². The summed E-state index contributed by atoms with van der Waals surface area (Å²) in [5.74, 6) is -0.422. The van der Waals surface area contributed by atoms with Gasteiger partial charge in [0.05, 0.1) is 28.5 Å². The summed E-state index contributed by atoms with van der Waals surface area (Å²) >= 11 is 6.15. The molecule has 212 valence electrons. The number of ketones is 1. The van der Waals surface area contributed by atoms with Crippen LogP contribution in [-0.4, -0.2) is 21.7 Å².